The molecule has 0 aliphatic carbocycles. The summed E-state index contributed by atoms with van der Waals surface area (Å²) in [6.07, 6.45) is 0. The van der Waals surface area contributed by atoms with Crippen molar-refractivity contribution in [3.63, 3.8) is 0 Å². The van der Waals surface area contributed by atoms with Gasteiger partial charge in [0.1, 0.15) is 4.83 Å². The minimum atomic E-state index is 1.12. The highest BCUT2D eigenvalue weighted by Gasteiger charge is 2.22. The molecule has 0 saturated carbocycles. The van der Waals surface area contributed by atoms with E-state index >= 15 is 0 Å². The van der Waals surface area contributed by atoms with Crippen molar-refractivity contribution in [3.8, 4) is 27.9 Å². The van der Waals surface area contributed by atoms with Gasteiger partial charge in [0, 0.05) is 53.4 Å². The fraction of sp³-hybridized carbons (Fsp3) is 0. The summed E-state index contributed by atoms with van der Waals surface area (Å²) in [5, 5.41) is 9.02. The molecule has 2 nitrogen and oxygen atoms in total. The second kappa shape index (κ2) is 13.3. The van der Waals surface area contributed by atoms with Crippen LogP contribution in [0.5, 0.6) is 0 Å². The first-order chi connectivity index (χ1) is 28.8. The second-order valence-corrected chi connectivity index (χ2v) is 17.0. The third-order valence-corrected chi connectivity index (χ3v) is 14.0. The minimum absolute atomic E-state index is 1.12. The van der Waals surface area contributed by atoms with E-state index in [4.69, 9.17) is 0 Å². The van der Waals surface area contributed by atoms with E-state index in [0.717, 1.165) is 11.4 Å². The van der Waals surface area contributed by atoms with Crippen LogP contribution >= 0.6 is 22.7 Å². The molecule has 0 saturated heterocycles. The Bertz CT molecular complexity index is 3500. The fourth-order valence-corrected chi connectivity index (χ4v) is 11.4. The Hall–Kier alpha value is -6.98. The third kappa shape index (κ3) is 5.23. The van der Waals surface area contributed by atoms with Gasteiger partial charge in [-0.25, -0.2) is 0 Å². The van der Waals surface area contributed by atoms with E-state index in [1.165, 1.54) is 95.8 Å². The molecule has 0 fully saturated rings. The lowest BCUT2D eigenvalue weighted by Gasteiger charge is -2.26. The molecule has 12 rings (SSSR count). The molecule has 3 heterocycles. The number of benzene rings is 9. The van der Waals surface area contributed by atoms with Crippen LogP contribution in [0.25, 0.3) is 90.1 Å². The lowest BCUT2D eigenvalue weighted by atomic mass is 9.98. The zero-order valence-electron chi connectivity index (χ0n) is 31.3. The molecule has 0 unspecified atom stereocenters. The topological polar surface area (TPSA) is 8.17 Å². The lowest BCUT2D eigenvalue weighted by Crippen LogP contribution is -2.10. The zero-order valence-corrected chi connectivity index (χ0v) is 33.0. The summed E-state index contributed by atoms with van der Waals surface area (Å²) in [6.45, 7) is 0. The largest absolute Gasteiger partial charge is 0.309 e. The van der Waals surface area contributed by atoms with Crippen LogP contribution in [0.1, 0.15) is 0 Å². The van der Waals surface area contributed by atoms with Crippen molar-refractivity contribution in [1.82, 2.24) is 4.57 Å². The number of anilines is 3. The summed E-state index contributed by atoms with van der Waals surface area (Å²) in [4.78, 5) is 3.71. The van der Waals surface area contributed by atoms with E-state index in [0.29, 0.717) is 0 Å². The van der Waals surface area contributed by atoms with Crippen LogP contribution in [0.4, 0.5) is 17.1 Å². The van der Waals surface area contributed by atoms with E-state index in [-0.39, 0.29) is 0 Å². The number of para-hydroxylation sites is 1. The number of aromatic nitrogens is 1. The van der Waals surface area contributed by atoms with E-state index < -0.39 is 0 Å². The van der Waals surface area contributed by atoms with Crippen molar-refractivity contribution < 1.29 is 0 Å². The van der Waals surface area contributed by atoms with Gasteiger partial charge in [-0.05, 0) is 99.8 Å². The molecular weight excluding hydrogens is 741 g/mol. The van der Waals surface area contributed by atoms with Gasteiger partial charge in [-0.1, -0.05) is 140 Å². The highest BCUT2D eigenvalue weighted by molar-refractivity contribution is 7.26. The normalized spacial score (nSPS) is 11.8. The predicted octanol–water partition coefficient (Wildman–Crippen LogP) is 16.3. The molecule has 9 aromatic carbocycles. The maximum atomic E-state index is 2.45. The predicted molar refractivity (Wildman–Crippen MR) is 252 cm³/mol. The summed E-state index contributed by atoms with van der Waals surface area (Å²) >= 11 is 3.74. The molecule has 0 spiro atoms. The lowest BCUT2D eigenvalue weighted by molar-refractivity contribution is 1.19. The van der Waals surface area contributed by atoms with Crippen molar-refractivity contribution >= 4 is 102 Å². The maximum Gasteiger partial charge on any atom is 0.109 e. The Balaban J connectivity index is 1.02. The average Bonchev–Trinajstić information content (AvgIpc) is 3.96. The molecule has 4 heteroatoms. The number of fused-ring (bicyclic) bond motifs is 9. The van der Waals surface area contributed by atoms with Gasteiger partial charge in [0.2, 0.25) is 0 Å². The Morgan fingerprint density at radius 3 is 1.81 bits per heavy atom. The summed E-state index contributed by atoms with van der Waals surface area (Å²) in [6, 6.07) is 75.5. The summed E-state index contributed by atoms with van der Waals surface area (Å²) < 4.78 is 6.34. The van der Waals surface area contributed by atoms with E-state index in [2.05, 4.69) is 216 Å². The van der Waals surface area contributed by atoms with Crippen LogP contribution in [0.3, 0.4) is 0 Å². The molecule has 12 aromatic rings. The molecular formula is C54H34N2S2. The van der Waals surface area contributed by atoms with E-state index in [1.54, 1.807) is 0 Å². The van der Waals surface area contributed by atoms with Gasteiger partial charge in [-0.15, -0.1) is 22.7 Å². The first-order valence-electron chi connectivity index (χ1n) is 19.7. The number of nitrogens with zero attached hydrogens (tertiary/aromatic N) is 2. The highest BCUT2D eigenvalue weighted by atomic mass is 32.1. The van der Waals surface area contributed by atoms with E-state index in [9.17, 15) is 0 Å². The van der Waals surface area contributed by atoms with Crippen LogP contribution in [-0.4, -0.2) is 4.57 Å². The van der Waals surface area contributed by atoms with Crippen LogP contribution in [0, 0.1) is 0 Å². The molecule has 0 bridgehead atoms. The molecule has 3 aromatic heterocycles. The molecule has 0 atom stereocenters. The van der Waals surface area contributed by atoms with Crippen molar-refractivity contribution in [2.75, 3.05) is 4.90 Å². The van der Waals surface area contributed by atoms with Crippen LogP contribution in [0.2, 0.25) is 0 Å². The minimum Gasteiger partial charge on any atom is -0.309 e. The molecule has 272 valence electrons. The quantitative estimate of drug-likeness (QED) is 0.163. The molecule has 0 aliphatic heterocycles. The highest BCUT2D eigenvalue weighted by Crippen LogP contribution is 2.48. The number of thiophene rings is 2. The smallest absolute Gasteiger partial charge is 0.109 e. The molecule has 0 aliphatic rings. The molecule has 58 heavy (non-hydrogen) atoms. The second-order valence-electron chi connectivity index (χ2n) is 14.9. The Labute approximate surface area is 343 Å². The maximum absolute atomic E-state index is 2.45. The van der Waals surface area contributed by atoms with Gasteiger partial charge in [-0.3, -0.25) is 0 Å². The standard InChI is InChI=1S/C54H34N2S2/c1-2-14-40(15-3-1)56-47-20-10-18-43(51(47)52-46-17-7-9-23-50(46)58-54(52)56)37-28-32-42(33-29-37)55(48-21-11-19-45-44-16-6-8-22-49(44)57-53(45)48)41-30-26-36(27-31-41)39-25-24-35-12-4-5-13-38(35)34-39/h1-34H. The molecule has 0 radical (unpaired) electrons. The average molecular weight is 775 g/mol. The fourth-order valence-electron chi connectivity index (χ4n) is 8.90. The van der Waals surface area contributed by atoms with Gasteiger partial charge in [0.25, 0.3) is 0 Å². The molecule has 0 N–H and O–H groups in total. The molecule has 0 amide bonds. The number of rotatable bonds is 6. The van der Waals surface area contributed by atoms with Crippen molar-refractivity contribution in [2.45, 2.75) is 0 Å². The first kappa shape index (κ1) is 33.2. The van der Waals surface area contributed by atoms with Gasteiger partial charge in [0.15, 0.2) is 0 Å². The summed E-state index contributed by atoms with van der Waals surface area (Å²) in [5.41, 5.74) is 10.7. The van der Waals surface area contributed by atoms with Gasteiger partial charge < -0.3 is 9.47 Å². The Morgan fingerprint density at radius 2 is 1.02 bits per heavy atom. The third-order valence-electron chi connectivity index (χ3n) is 11.6. The van der Waals surface area contributed by atoms with Crippen molar-refractivity contribution in [2.24, 2.45) is 0 Å². The van der Waals surface area contributed by atoms with Crippen LogP contribution < -0.4 is 4.90 Å². The van der Waals surface area contributed by atoms with Crippen LogP contribution in [0.15, 0.2) is 206 Å². The SMILES string of the molecule is c1ccc(-n2c3cccc(-c4ccc(N(c5ccc(-c6ccc7ccccc7c6)cc5)c5cccc6c5sc5ccccc56)cc4)c3c3c4ccccc4sc32)cc1. The number of hydrogen-bond donors (Lipinski definition) is 0. The Kier molecular flexibility index (Phi) is 7.62. The first-order valence-corrected chi connectivity index (χ1v) is 21.3. The number of hydrogen-bond acceptors (Lipinski definition) is 3. The van der Waals surface area contributed by atoms with Crippen molar-refractivity contribution in [3.05, 3.63) is 206 Å². The van der Waals surface area contributed by atoms with Gasteiger partial charge >= 0.3 is 0 Å². The zero-order chi connectivity index (χ0) is 38.2. The van der Waals surface area contributed by atoms with Crippen LogP contribution in [-0.2, 0) is 0 Å². The summed E-state index contributed by atoms with van der Waals surface area (Å²) in [7, 11) is 0. The summed E-state index contributed by atoms with van der Waals surface area (Å²) in [5.74, 6) is 0. The van der Waals surface area contributed by atoms with Gasteiger partial charge in [-0.2, -0.15) is 0 Å². The van der Waals surface area contributed by atoms with Crippen molar-refractivity contribution in [1.29, 1.82) is 0 Å². The monoisotopic (exact) mass is 774 g/mol. The van der Waals surface area contributed by atoms with E-state index in [1.807, 2.05) is 22.7 Å². The van der Waals surface area contributed by atoms with Gasteiger partial charge in [0.05, 0.1) is 15.9 Å². The Morgan fingerprint density at radius 1 is 0.397 bits per heavy atom.